The van der Waals surface area contributed by atoms with Crippen molar-refractivity contribution in [3.05, 3.63) is 11.6 Å². The average molecular weight is 445 g/mol. The Kier molecular flexibility index (Phi) is 6.74. The second-order valence-corrected chi connectivity index (χ2v) is 10.2. The van der Waals surface area contributed by atoms with E-state index in [9.17, 15) is 29.7 Å². The summed E-state index contributed by atoms with van der Waals surface area (Å²) in [4.78, 5) is 36.6. The van der Waals surface area contributed by atoms with Crippen LogP contribution in [0.1, 0.15) is 60.7 Å². The molecule has 3 N–H and O–H groups in total. The van der Waals surface area contributed by atoms with Crippen LogP contribution in [0.2, 0.25) is 0 Å². The van der Waals surface area contributed by atoms with Gasteiger partial charge in [-0.2, -0.15) is 0 Å². The molecule has 3 saturated carbocycles. The molecule has 0 saturated heterocycles. The molecule has 0 aromatic carbocycles. The minimum atomic E-state index is -1.65. The fraction of sp³-hybridized carbons (Fsp3) is 0.783. The van der Waals surface area contributed by atoms with Crippen molar-refractivity contribution in [2.24, 2.45) is 28.6 Å². The standard InChI is InChI=1S/C23H32O7.Na.H/c1-12(25)30-19-9-14(26)8-13-4-5-15-16-6-7-23(29,18(28)11-24)21(16,2)10-17(27)20(15)22(13,19)3;;/h8,15-17,19-20,24,27,29H,4-7,9-11H2,1-3H3;;/q;+1;-1/t15-,16-,17-,19?,20+,21-,22+,23-;;/m0../s1. The Bertz CT molecular complexity index is 831. The summed E-state index contributed by atoms with van der Waals surface area (Å²) >= 11 is 0. The molecule has 31 heavy (non-hydrogen) atoms. The number of carbonyl (C=O) groups excluding carboxylic acids is 3. The zero-order valence-corrected chi connectivity index (χ0v) is 20.9. The van der Waals surface area contributed by atoms with Crippen molar-refractivity contribution >= 4 is 17.5 Å². The molecule has 8 atom stereocenters. The molecule has 0 aromatic heterocycles. The van der Waals surface area contributed by atoms with Gasteiger partial charge in [-0.25, -0.2) is 0 Å². The van der Waals surface area contributed by atoms with Gasteiger partial charge in [0.1, 0.15) is 18.3 Å². The molecule has 168 valence electrons. The van der Waals surface area contributed by atoms with Crippen molar-refractivity contribution in [3.8, 4) is 0 Å². The minimum Gasteiger partial charge on any atom is -1.00 e. The van der Waals surface area contributed by atoms with Crippen molar-refractivity contribution in [1.82, 2.24) is 0 Å². The van der Waals surface area contributed by atoms with E-state index < -0.39 is 47.0 Å². The van der Waals surface area contributed by atoms with E-state index in [2.05, 4.69) is 0 Å². The second-order valence-electron chi connectivity index (χ2n) is 10.2. The van der Waals surface area contributed by atoms with Gasteiger partial charge < -0.3 is 21.5 Å². The van der Waals surface area contributed by atoms with Gasteiger partial charge in [0.15, 0.2) is 11.6 Å². The van der Waals surface area contributed by atoms with E-state index in [1.807, 2.05) is 13.8 Å². The van der Waals surface area contributed by atoms with Crippen LogP contribution in [0.25, 0.3) is 0 Å². The molecule has 1 unspecified atom stereocenters. The third-order valence-electron chi connectivity index (χ3n) is 9.04. The number of hydrogen-bond acceptors (Lipinski definition) is 7. The van der Waals surface area contributed by atoms with Crippen molar-refractivity contribution in [1.29, 1.82) is 0 Å². The van der Waals surface area contributed by atoms with Gasteiger partial charge in [-0.15, -0.1) is 0 Å². The predicted molar refractivity (Wildman–Crippen MR) is 107 cm³/mol. The molecular weight excluding hydrogens is 411 g/mol. The summed E-state index contributed by atoms with van der Waals surface area (Å²) in [6.07, 6.45) is 2.85. The summed E-state index contributed by atoms with van der Waals surface area (Å²) in [7, 11) is 0. The van der Waals surface area contributed by atoms with Gasteiger partial charge in [-0.05, 0) is 50.0 Å². The molecule has 8 heteroatoms. The number of carbonyl (C=O) groups is 3. The summed E-state index contributed by atoms with van der Waals surface area (Å²) in [6.45, 7) is 4.46. The van der Waals surface area contributed by atoms with Crippen LogP contribution in [0.5, 0.6) is 0 Å². The van der Waals surface area contributed by atoms with Gasteiger partial charge in [-0.3, -0.25) is 14.4 Å². The molecule has 0 aliphatic heterocycles. The molecule has 4 aliphatic rings. The molecule has 0 heterocycles. The summed E-state index contributed by atoms with van der Waals surface area (Å²) < 4.78 is 5.62. The third kappa shape index (κ3) is 3.42. The molecule has 4 rings (SSSR count). The molecule has 3 fully saturated rings. The molecule has 0 bridgehead atoms. The zero-order chi connectivity index (χ0) is 22.1. The molecule has 7 nitrogen and oxygen atoms in total. The van der Waals surface area contributed by atoms with Crippen LogP contribution in [0, 0.1) is 28.6 Å². The summed E-state index contributed by atoms with van der Waals surface area (Å²) in [5.41, 5.74) is -2.21. The largest absolute Gasteiger partial charge is 1.00 e. The van der Waals surface area contributed by atoms with Crippen LogP contribution in [-0.4, -0.2) is 57.3 Å². The van der Waals surface area contributed by atoms with Crippen LogP contribution < -0.4 is 29.6 Å². The first-order valence-electron chi connectivity index (χ1n) is 10.9. The van der Waals surface area contributed by atoms with Crippen LogP contribution >= 0.6 is 0 Å². The minimum absolute atomic E-state index is 0. The van der Waals surface area contributed by atoms with Gasteiger partial charge in [-0.1, -0.05) is 19.4 Å². The number of esters is 1. The Morgan fingerprint density at radius 2 is 1.97 bits per heavy atom. The first kappa shape index (κ1) is 25.1. The van der Waals surface area contributed by atoms with Crippen LogP contribution in [0.3, 0.4) is 0 Å². The number of fused-ring (bicyclic) bond motifs is 5. The molecular formula is C23H33NaO7. The van der Waals surface area contributed by atoms with Crippen molar-refractivity contribution in [3.63, 3.8) is 0 Å². The van der Waals surface area contributed by atoms with Crippen LogP contribution in [-0.2, 0) is 19.1 Å². The van der Waals surface area contributed by atoms with Gasteiger partial charge >= 0.3 is 35.5 Å². The molecule has 0 spiro atoms. The van der Waals surface area contributed by atoms with Crippen LogP contribution in [0.4, 0.5) is 0 Å². The molecule has 4 aliphatic carbocycles. The summed E-state index contributed by atoms with van der Waals surface area (Å²) in [5, 5.41) is 32.1. The zero-order valence-electron chi connectivity index (χ0n) is 19.9. The smallest absolute Gasteiger partial charge is 1.00 e. The van der Waals surface area contributed by atoms with E-state index in [0.29, 0.717) is 12.8 Å². The normalized spacial score (nSPS) is 46.1. The maximum Gasteiger partial charge on any atom is 1.00 e. The third-order valence-corrected chi connectivity index (χ3v) is 9.04. The monoisotopic (exact) mass is 444 g/mol. The van der Waals surface area contributed by atoms with Crippen molar-refractivity contribution in [2.45, 2.75) is 77.1 Å². The number of Topliss-reactive ketones (excluding diaryl/α,β-unsaturated/α-hetero) is 1. The van der Waals surface area contributed by atoms with E-state index in [1.54, 1.807) is 6.08 Å². The number of aliphatic hydroxyl groups is 3. The van der Waals surface area contributed by atoms with Gasteiger partial charge in [0, 0.05) is 30.1 Å². The second kappa shape index (κ2) is 8.33. The number of ketones is 2. The number of ether oxygens (including phenoxy) is 1. The fourth-order valence-electron chi connectivity index (χ4n) is 7.66. The Hall–Kier alpha value is -0.570. The Balaban J connectivity index is 0.00000181. The topological polar surface area (TPSA) is 121 Å². The SMILES string of the molecule is CC(=O)OC1CC(=O)C=C2CC[C@@H]3[C@H]([C@@H](O)C[C@@]4(C)[C@H]3CC[C@]4(O)C(=O)CO)[C@]21C.[H-].[Na+]. The molecule has 0 aromatic rings. The van der Waals surface area contributed by atoms with E-state index >= 15 is 0 Å². The quantitative estimate of drug-likeness (QED) is 0.356. The number of rotatable bonds is 3. The Morgan fingerprint density at radius 3 is 2.58 bits per heavy atom. The predicted octanol–water partition coefficient (Wildman–Crippen LogP) is -1.56. The number of aliphatic hydroxyl groups excluding tert-OH is 2. The van der Waals surface area contributed by atoms with Gasteiger partial charge in [0.2, 0.25) is 0 Å². The molecule has 0 amide bonds. The van der Waals surface area contributed by atoms with Gasteiger partial charge in [0.25, 0.3) is 0 Å². The summed E-state index contributed by atoms with van der Waals surface area (Å²) in [5.74, 6) is -1.31. The van der Waals surface area contributed by atoms with Crippen LogP contribution in [0.15, 0.2) is 11.6 Å². The Morgan fingerprint density at radius 1 is 1.29 bits per heavy atom. The summed E-state index contributed by atoms with van der Waals surface area (Å²) in [6, 6.07) is 0. The maximum atomic E-state index is 12.5. The van der Waals surface area contributed by atoms with E-state index in [4.69, 9.17) is 4.74 Å². The van der Waals surface area contributed by atoms with E-state index in [0.717, 1.165) is 12.0 Å². The van der Waals surface area contributed by atoms with Crippen molar-refractivity contribution in [2.75, 3.05) is 6.61 Å². The first-order chi connectivity index (χ1) is 14.0. The van der Waals surface area contributed by atoms with Crippen molar-refractivity contribution < 1.29 is 65.4 Å². The Labute approximate surface area is 206 Å². The first-order valence-corrected chi connectivity index (χ1v) is 10.9. The molecule has 0 radical (unpaired) electrons. The van der Waals surface area contributed by atoms with Gasteiger partial charge in [0.05, 0.1) is 6.10 Å². The fourth-order valence-corrected chi connectivity index (χ4v) is 7.66. The van der Waals surface area contributed by atoms with E-state index in [-0.39, 0.29) is 73.8 Å². The van der Waals surface area contributed by atoms with E-state index in [1.165, 1.54) is 6.92 Å². The number of hydrogen-bond donors (Lipinski definition) is 3. The average Bonchev–Trinajstić information content (AvgIpc) is 2.93. The maximum absolute atomic E-state index is 12.5.